The molecule has 3 aromatic rings. The van der Waals surface area contributed by atoms with Crippen molar-refractivity contribution in [2.45, 2.75) is 32.2 Å². The molecule has 0 aliphatic carbocycles. The molecule has 122 valence electrons. The molecule has 5 nitrogen and oxygen atoms in total. The Hall–Kier alpha value is -2.69. The Bertz CT molecular complexity index is 880. The van der Waals surface area contributed by atoms with Crippen LogP contribution >= 0.6 is 0 Å². The second-order valence-electron chi connectivity index (χ2n) is 6.36. The number of aryl methyl sites for hydroxylation is 1. The zero-order valence-electron chi connectivity index (χ0n) is 13.7. The summed E-state index contributed by atoms with van der Waals surface area (Å²) in [5.41, 5.74) is 3.61. The summed E-state index contributed by atoms with van der Waals surface area (Å²) in [6, 6.07) is 9.75. The van der Waals surface area contributed by atoms with E-state index >= 15 is 0 Å². The second kappa shape index (κ2) is 6.07. The van der Waals surface area contributed by atoms with Crippen molar-refractivity contribution >= 4 is 16.8 Å². The summed E-state index contributed by atoms with van der Waals surface area (Å²) in [7, 11) is 0. The number of nitrogens with zero attached hydrogens (tertiary/aromatic N) is 3. The van der Waals surface area contributed by atoms with Crippen LogP contribution in [0.4, 0.5) is 0 Å². The number of aromatic nitrogens is 3. The van der Waals surface area contributed by atoms with Crippen molar-refractivity contribution in [3.05, 3.63) is 59.5 Å². The number of benzene rings is 1. The fourth-order valence-corrected chi connectivity index (χ4v) is 3.60. The minimum absolute atomic E-state index is 0.0537. The van der Waals surface area contributed by atoms with Gasteiger partial charge in [0.2, 0.25) is 0 Å². The normalized spacial score (nSPS) is 18.0. The number of para-hydroxylation sites is 1. The van der Waals surface area contributed by atoms with Gasteiger partial charge in [-0.25, -0.2) is 0 Å². The predicted molar refractivity (Wildman–Crippen MR) is 92.7 cm³/mol. The lowest BCUT2D eigenvalue weighted by atomic mass is 9.96. The molecule has 0 spiro atoms. The van der Waals surface area contributed by atoms with Crippen molar-refractivity contribution < 1.29 is 4.79 Å². The van der Waals surface area contributed by atoms with Gasteiger partial charge in [0.25, 0.3) is 5.91 Å². The minimum atomic E-state index is 0.0537. The zero-order chi connectivity index (χ0) is 16.5. The Morgan fingerprint density at radius 1 is 1.25 bits per heavy atom. The van der Waals surface area contributed by atoms with Crippen molar-refractivity contribution in [3.63, 3.8) is 0 Å². The number of nitrogens with one attached hydrogen (secondary N) is 1. The Morgan fingerprint density at radius 3 is 2.96 bits per heavy atom. The van der Waals surface area contributed by atoms with E-state index in [0.717, 1.165) is 48.0 Å². The van der Waals surface area contributed by atoms with Crippen LogP contribution in [0.5, 0.6) is 0 Å². The number of hydrogen-bond acceptors (Lipinski definition) is 3. The van der Waals surface area contributed by atoms with Crippen LogP contribution in [-0.2, 0) is 0 Å². The van der Waals surface area contributed by atoms with Crippen LogP contribution in [-0.4, -0.2) is 32.5 Å². The summed E-state index contributed by atoms with van der Waals surface area (Å²) in [5, 5.41) is 8.22. The number of aromatic amines is 1. The molecule has 5 heteroatoms. The van der Waals surface area contributed by atoms with E-state index in [1.807, 2.05) is 48.4 Å². The Morgan fingerprint density at radius 2 is 2.12 bits per heavy atom. The van der Waals surface area contributed by atoms with Gasteiger partial charge in [-0.05, 0) is 43.9 Å². The van der Waals surface area contributed by atoms with Gasteiger partial charge in [0.15, 0.2) is 0 Å². The number of amides is 1. The summed E-state index contributed by atoms with van der Waals surface area (Å²) in [5.74, 6) is 0.0537. The number of fused-ring (bicyclic) bond motifs is 1. The Balaban J connectivity index is 1.75. The molecule has 0 unspecified atom stereocenters. The number of carbonyl (C=O) groups is 1. The molecular weight excluding hydrogens is 300 g/mol. The van der Waals surface area contributed by atoms with Crippen LogP contribution in [0.3, 0.4) is 0 Å². The molecule has 0 bridgehead atoms. The molecule has 1 aromatic carbocycles. The first-order valence-electron chi connectivity index (χ1n) is 8.40. The number of rotatable bonds is 2. The molecule has 1 saturated heterocycles. The van der Waals surface area contributed by atoms with Crippen LogP contribution < -0.4 is 0 Å². The van der Waals surface area contributed by atoms with Gasteiger partial charge in [-0.1, -0.05) is 18.2 Å². The maximum atomic E-state index is 13.3. The largest absolute Gasteiger partial charge is 0.330 e. The van der Waals surface area contributed by atoms with Crippen LogP contribution in [0.25, 0.3) is 10.9 Å². The fraction of sp³-hybridized carbons (Fsp3) is 0.316. The number of H-pyrrole nitrogens is 1. The van der Waals surface area contributed by atoms with E-state index in [2.05, 4.69) is 15.2 Å². The number of piperidine rings is 1. The highest BCUT2D eigenvalue weighted by Gasteiger charge is 2.31. The standard InChI is InChI=1S/C19H20N4O/c1-13-12-21-22-17(13)16-9-2-3-11-23(16)19(24)15-8-4-6-14-7-5-10-20-18(14)15/h4-8,10,12,16H,2-3,9,11H2,1H3,(H,21,22)/t16-/m0/s1. The van der Waals surface area contributed by atoms with Gasteiger partial charge < -0.3 is 4.90 Å². The summed E-state index contributed by atoms with van der Waals surface area (Å²) in [6.07, 6.45) is 6.69. The number of hydrogen-bond donors (Lipinski definition) is 1. The van der Waals surface area contributed by atoms with E-state index < -0.39 is 0 Å². The van der Waals surface area contributed by atoms with Gasteiger partial charge in [-0.15, -0.1) is 0 Å². The first kappa shape index (κ1) is 14.9. The predicted octanol–water partition coefficient (Wildman–Crippen LogP) is 3.63. The van der Waals surface area contributed by atoms with Gasteiger partial charge in [0, 0.05) is 18.1 Å². The number of carbonyl (C=O) groups excluding carboxylic acids is 1. The van der Waals surface area contributed by atoms with Crippen molar-refractivity contribution in [2.24, 2.45) is 0 Å². The lowest BCUT2D eigenvalue weighted by Crippen LogP contribution is -2.39. The highest BCUT2D eigenvalue weighted by molar-refractivity contribution is 6.05. The van der Waals surface area contributed by atoms with E-state index in [1.165, 1.54) is 0 Å². The van der Waals surface area contributed by atoms with Gasteiger partial charge >= 0.3 is 0 Å². The summed E-state index contributed by atoms with van der Waals surface area (Å²) >= 11 is 0. The van der Waals surface area contributed by atoms with Gasteiger partial charge in [0.1, 0.15) is 0 Å². The summed E-state index contributed by atoms with van der Waals surface area (Å²) in [4.78, 5) is 19.7. The molecule has 1 aliphatic rings. The summed E-state index contributed by atoms with van der Waals surface area (Å²) in [6.45, 7) is 2.81. The van der Waals surface area contributed by atoms with E-state index in [4.69, 9.17) is 0 Å². The Kier molecular flexibility index (Phi) is 3.76. The maximum Gasteiger partial charge on any atom is 0.256 e. The third kappa shape index (κ3) is 2.46. The molecule has 2 aromatic heterocycles. The van der Waals surface area contributed by atoms with Crippen LogP contribution in [0.15, 0.2) is 42.7 Å². The topological polar surface area (TPSA) is 61.9 Å². The average molecular weight is 320 g/mol. The molecule has 24 heavy (non-hydrogen) atoms. The zero-order valence-corrected chi connectivity index (χ0v) is 13.7. The fourth-order valence-electron chi connectivity index (χ4n) is 3.60. The molecule has 4 rings (SSSR count). The molecular formula is C19H20N4O. The van der Waals surface area contributed by atoms with Gasteiger partial charge in [-0.2, -0.15) is 5.10 Å². The lowest BCUT2D eigenvalue weighted by molar-refractivity contribution is 0.0607. The second-order valence-corrected chi connectivity index (χ2v) is 6.36. The van der Waals surface area contributed by atoms with Crippen molar-refractivity contribution in [2.75, 3.05) is 6.54 Å². The molecule has 1 fully saturated rings. The van der Waals surface area contributed by atoms with E-state index in [9.17, 15) is 4.79 Å². The molecule has 0 saturated carbocycles. The van der Waals surface area contributed by atoms with E-state index in [1.54, 1.807) is 6.20 Å². The van der Waals surface area contributed by atoms with Crippen LogP contribution in [0.1, 0.15) is 46.9 Å². The average Bonchev–Trinajstić information content (AvgIpc) is 3.06. The number of likely N-dealkylation sites (tertiary alicyclic amines) is 1. The highest BCUT2D eigenvalue weighted by atomic mass is 16.2. The highest BCUT2D eigenvalue weighted by Crippen LogP contribution is 2.33. The maximum absolute atomic E-state index is 13.3. The minimum Gasteiger partial charge on any atom is -0.330 e. The summed E-state index contributed by atoms with van der Waals surface area (Å²) < 4.78 is 0. The molecule has 1 N–H and O–H groups in total. The molecule has 0 radical (unpaired) electrons. The van der Waals surface area contributed by atoms with E-state index in [-0.39, 0.29) is 11.9 Å². The van der Waals surface area contributed by atoms with Crippen molar-refractivity contribution in [3.8, 4) is 0 Å². The SMILES string of the molecule is Cc1cn[nH]c1[C@@H]1CCCCN1C(=O)c1cccc2cccnc12. The van der Waals surface area contributed by atoms with Crippen molar-refractivity contribution in [1.82, 2.24) is 20.1 Å². The third-order valence-corrected chi connectivity index (χ3v) is 4.83. The Labute approximate surface area is 140 Å². The first-order valence-corrected chi connectivity index (χ1v) is 8.40. The molecule has 1 amide bonds. The lowest BCUT2D eigenvalue weighted by Gasteiger charge is -2.35. The monoisotopic (exact) mass is 320 g/mol. The van der Waals surface area contributed by atoms with Crippen LogP contribution in [0, 0.1) is 6.92 Å². The quantitative estimate of drug-likeness (QED) is 0.784. The van der Waals surface area contributed by atoms with Crippen molar-refractivity contribution in [1.29, 1.82) is 0 Å². The smallest absolute Gasteiger partial charge is 0.256 e. The third-order valence-electron chi connectivity index (χ3n) is 4.83. The molecule has 3 heterocycles. The van der Waals surface area contributed by atoms with Crippen LogP contribution in [0.2, 0.25) is 0 Å². The molecule has 1 aliphatic heterocycles. The van der Waals surface area contributed by atoms with E-state index in [0.29, 0.717) is 5.56 Å². The first-order chi connectivity index (χ1) is 11.8. The molecule has 1 atom stereocenters. The van der Waals surface area contributed by atoms with Gasteiger partial charge in [0.05, 0.1) is 29.0 Å². The van der Waals surface area contributed by atoms with Gasteiger partial charge in [-0.3, -0.25) is 14.9 Å². The number of pyridine rings is 1.